The van der Waals surface area contributed by atoms with Crippen LogP contribution in [0, 0.1) is 58.2 Å². The molecule has 0 saturated heterocycles. The van der Waals surface area contributed by atoms with E-state index in [4.69, 9.17) is 4.74 Å². The average Bonchev–Trinajstić information content (AvgIpc) is 3.14. The van der Waals surface area contributed by atoms with E-state index in [-0.39, 0.29) is 52.7 Å². The maximum Gasteiger partial charge on any atom is 0.307 e. The van der Waals surface area contributed by atoms with Crippen LogP contribution in [0.15, 0.2) is 0 Å². The fraction of sp³-hybridized carbons (Fsp3) is 0.852. The fourth-order valence-electron chi connectivity index (χ4n) is 9.14. The Morgan fingerprint density at radius 2 is 1.76 bits per heavy atom. The number of hydrogen-bond donors (Lipinski definition) is 2. The number of aliphatic carboxylic acids is 2. The van der Waals surface area contributed by atoms with Crippen LogP contribution in [0.25, 0.3) is 0 Å². The van der Waals surface area contributed by atoms with Gasteiger partial charge in [-0.2, -0.15) is 0 Å². The molecule has 7 heteroatoms. The third kappa shape index (κ3) is 3.78. The average molecular weight is 477 g/mol. The molecule has 0 bridgehead atoms. The van der Waals surface area contributed by atoms with Crippen LogP contribution in [0.2, 0.25) is 0 Å². The second kappa shape index (κ2) is 8.94. The first-order valence-corrected chi connectivity index (χ1v) is 13.0. The van der Waals surface area contributed by atoms with E-state index in [0.29, 0.717) is 38.5 Å². The number of carboxylic acids is 2. The Morgan fingerprint density at radius 3 is 2.38 bits per heavy atom. The van der Waals surface area contributed by atoms with E-state index in [1.54, 1.807) is 0 Å². The minimum Gasteiger partial charge on any atom is -0.481 e. The van der Waals surface area contributed by atoms with Gasteiger partial charge in [-0.05, 0) is 85.4 Å². The van der Waals surface area contributed by atoms with Gasteiger partial charge in [0.15, 0.2) is 0 Å². The molecule has 2 N–H and O–H groups in total. The predicted octanol–water partition coefficient (Wildman–Crippen LogP) is 4.43. The van der Waals surface area contributed by atoms with Crippen molar-refractivity contribution in [1.29, 1.82) is 0 Å². The number of carboxylic acid groups (broad SMARTS) is 2. The third-order valence-corrected chi connectivity index (χ3v) is 11.1. The van der Waals surface area contributed by atoms with Gasteiger partial charge in [0, 0.05) is 18.8 Å². The first-order valence-electron chi connectivity index (χ1n) is 13.0. The highest BCUT2D eigenvalue weighted by Gasteiger charge is 2.67. The summed E-state index contributed by atoms with van der Waals surface area (Å²) >= 11 is 0. The van der Waals surface area contributed by atoms with Gasteiger partial charge in [0.2, 0.25) is 0 Å². The van der Waals surface area contributed by atoms with Crippen molar-refractivity contribution in [3.8, 4) is 0 Å². The number of ketones is 1. The van der Waals surface area contributed by atoms with Crippen LogP contribution in [0.5, 0.6) is 0 Å². The van der Waals surface area contributed by atoms with E-state index in [1.807, 2.05) is 0 Å². The molecule has 0 amide bonds. The van der Waals surface area contributed by atoms with E-state index in [9.17, 15) is 29.4 Å². The van der Waals surface area contributed by atoms with E-state index in [0.717, 1.165) is 19.3 Å². The summed E-state index contributed by atoms with van der Waals surface area (Å²) < 4.78 is 4.81. The van der Waals surface area contributed by atoms with E-state index in [2.05, 4.69) is 20.8 Å². The van der Waals surface area contributed by atoms with Crippen molar-refractivity contribution in [3.05, 3.63) is 0 Å². The van der Waals surface area contributed by atoms with Crippen molar-refractivity contribution >= 4 is 23.7 Å². The number of carbonyl (C=O) groups is 4. The summed E-state index contributed by atoms with van der Waals surface area (Å²) in [5, 5.41) is 20.0. The van der Waals surface area contributed by atoms with E-state index in [1.165, 1.54) is 7.11 Å². The van der Waals surface area contributed by atoms with E-state index >= 15 is 0 Å². The summed E-state index contributed by atoms with van der Waals surface area (Å²) in [7, 11) is 1.38. The standard InChI is InChI=1S/C27H40O7/c1-14(5-8-22(29)34-4)17-6-7-18-23-19(13-20(25(32)33)27(17,18)3)26(2)10-9-15(24(30)31)11-16(26)12-21(23)28/h14-20,23H,5-13H2,1-4H3,(H,30,31)(H,32,33)/t14-,15+,16-,17+,18+,19-,20+,23+,26-,27+/m0/s1. The number of ether oxygens (including phenoxy) is 1. The number of rotatable bonds is 6. The lowest BCUT2D eigenvalue weighted by molar-refractivity contribution is -0.182. The zero-order valence-electron chi connectivity index (χ0n) is 20.9. The lowest BCUT2D eigenvalue weighted by Gasteiger charge is -2.61. The Balaban J connectivity index is 1.65. The number of fused-ring (bicyclic) bond motifs is 5. The molecule has 0 aromatic heterocycles. The summed E-state index contributed by atoms with van der Waals surface area (Å²) in [6, 6.07) is 0. The van der Waals surface area contributed by atoms with Crippen molar-refractivity contribution in [2.75, 3.05) is 7.11 Å². The molecule has 10 atom stereocenters. The van der Waals surface area contributed by atoms with Gasteiger partial charge in [0.1, 0.15) is 5.78 Å². The first kappa shape index (κ1) is 25.2. The molecule has 4 aliphatic rings. The highest BCUT2D eigenvalue weighted by atomic mass is 16.5. The molecule has 34 heavy (non-hydrogen) atoms. The first-order chi connectivity index (χ1) is 15.9. The molecular formula is C27H40O7. The minimum absolute atomic E-state index is 0.00297. The molecule has 0 spiro atoms. The lowest BCUT2D eigenvalue weighted by Crippen LogP contribution is -2.61. The maximum absolute atomic E-state index is 13.6. The topological polar surface area (TPSA) is 118 Å². The molecular weight excluding hydrogens is 436 g/mol. The van der Waals surface area contributed by atoms with Gasteiger partial charge in [-0.1, -0.05) is 20.8 Å². The van der Waals surface area contributed by atoms with Crippen LogP contribution in [0.4, 0.5) is 0 Å². The van der Waals surface area contributed by atoms with Gasteiger partial charge in [-0.25, -0.2) is 0 Å². The molecule has 190 valence electrons. The summed E-state index contributed by atoms with van der Waals surface area (Å²) in [5.74, 6) is -2.31. The molecule has 0 aromatic rings. The van der Waals surface area contributed by atoms with Gasteiger partial charge in [0.05, 0.1) is 18.9 Å². The second-order valence-electron chi connectivity index (χ2n) is 12.2. The molecule has 0 radical (unpaired) electrons. The van der Waals surface area contributed by atoms with Crippen molar-refractivity contribution in [3.63, 3.8) is 0 Å². The molecule has 4 fully saturated rings. The normalized spacial score (nSPS) is 44.4. The predicted molar refractivity (Wildman–Crippen MR) is 124 cm³/mol. The Kier molecular flexibility index (Phi) is 6.62. The van der Waals surface area contributed by atoms with Crippen LogP contribution in [0.1, 0.15) is 78.6 Å². The van der Waals surface area contributed by atoms with Gasteiger partial charge in [-0.3, -0.25) is 19.2 Å². The van der Waals surface area contributed by atoms with Gasteiger partial charge in [0.25, 0.3) is 0 Å². The Hall–Kier alpha value is -1.92. The molecule has 4 aliphatic carbocycles. The SMILES string of the molecule is COC(=O)CC[C@H](C)[C@H]1CC[C@@H]2[C@H]3C(=O)C[C@@H]4C[C@H](C(=O)O)CC[C@]4(C)[C@H]3C[C@H](C(=O)O)[C@@]21C. The molecule has 7 nitrogen and oxygen atoms in total. The van der Waals surface area contributed by atoms with Gasteiger partial charge < -0.3 is 14.9 Å². The van der Waals surface area contributed by atoms with Crippen LogP contribution in [-0.2, 0) is 23.9 Å². The highest BCUT2D eigenvalue weighted by molar-refractivity contribution is 5.84. The minimum atomic E-state index is -0.782. The van der Waals surface area contributed by atoms with Gasteiger partial charge in [-0.15, -0.1) is 0 Å². The zero-order chi connectivity index (χ0) is 25.0. The quantitative estimate of drug-likeness (QED) is 0.545. The summed E-state index contributed by atoms with van der Waals surface area (Å²) in [6.45, 7) is 6.41. The number of Topliss-reactive ketones (excluding diaryl/α,β-unsaturated/α-hetero) is 1. The van der Waals surface area contributed by atoms with Crippen LogP contribution < -0.4 is 0 Å². The fourth-order valence-corrected chi connectivity index (χ4v) is 9.14. The van der Waals surface area contributed by atoms with Crippen molar-refractivity contribution in [1.82, 2.24) is 0 Å². The summed E-state index contributed by atoms with van der Waals surface area (Å²) in [5.41, 5.74) is -0.673. The molecule has 0 aliphatic heterocycles. The van der Waals surface area contributed by atoms with E-state index < -0.39 is 29.2 Å². The van der Waals surface area contributed by atoms with Crippen LogP contribution in [0.3, 0.4) is 0 Å². The van der Waals surface area contributed by atoms with Crippen molar-refractivity contribution in [2.24, 2.45) is 58.2 Å². The number of esters is 1. The smallest absolute Gasteiger partial charge is 0.307 e. The van der Waals surface area contributed by atoms with Crippen molar-refractivity contribution in [2.45, 2.75) is 78.6 Å². The number of hydrogen-bond acceptors (Lipinski definition) is 5. The molecule has 0 heterocycles. The Labute approximate surface area is 202 Å². The highest BCUT2D eigenvalue weighted by Crippen LogP contribution is 2.69. The monoisotopic (exact) mass is 476 g/mol. The molecule has 0 unspecified atom stereocenters. The Bertz CT molecular complexity index is 867. The number of carbonyl (C=O) groups excluding carboxylic acids is 2. The second-order valence-corrected chi connectivity index (χ2v) is 12.2. The maximum atomic E-state index is 13.6. The number of methoxy groups -OCH3 is 1. The third-order valence-electron chi connectivity index (χ3n) is 11.1. The lowest BCUT2D eigenvalue weighted by atomic mass is 9.41. The van der Waals surface area contributed by atoms with Crippen LogP contribution in [-0.4, -0.2) is 41.0 Å². The molecule has 4 saturated carbocycles. The summed E-state index contributed by atoms with van der Waals surface area (Å²) in [6.07, 6.45) is 5.49. The molecule has 4 rings (SSSR count). The van der Waals surface area contributed by atoms with Crippen LogP contribution >= 0.6 is 0 Å². The largest absolute Gasteiger partial charge is 0.481 e. The van der Waals surface area contributed by atoms with Crippen molar-refractivity contribution < 1.29 is 34.1 Å². The van der Waals surface area contributed by atoms with Gasteiger partial charge >= 0.3 is 17.9 Å². The molecule has 0 aromatic carbocycles. The zero-order valence-corrected chi connectivity index (χ0v) is 20.9. The Morgan fingerprint density at radius 1 is 1.06 bits per heavy atom. The summed E-state index contributed by atoms with van der Waals surface area (Å²) in [4.78, 5) is 49.7.